The van der Waals surface area contributed by atoms with E-state index in [4.69, 9.17) is 0 Å². The van der Waals surface area contributed by atoms with Crippen LogP contribution in [0.5, 0.6) is 0 Å². The van der Waals surface area contributed by atoms with Gasteiger partial charge < -0.3 is 10.2 Å². The Hall–Kier alpha value is -3.81. The molecule has 0 unspecified atom stereocenters. The van der Waals surface area contributed by atoms with Crippen LogP contribution < -0.4 is 10.2 Å². The van der Waals surface area contributed by atoms with E-state index in [-0.39, 0.29) is 5.91 Å². The molecule has 0 spiro atoms. The third-order valence-corrected chi connectivity index (χ3v) is 7.02. The molecule has 4 heterocycles. The van der Waals surface area contributed by atoms with E-state index in [9.17, 15) is 4.79 Å². The van der Waals surface area contributed by atoms with Crippen molar-refractivity contribution in [1.29, 1.82) is 0 Å². The number of piperidine rings is 1. The van der Waals surface area contributed by atoms with Crippen molar-refractivity contribution in [2.24, 2.45) is 18.9 Å². The summed E-state index contributed by atoms with van der Waals surface area (Å²) in [6.45, 7) is 2.03. The topological polar surface area (TPSA) is 88.8 Å². The smallest absolute Gasteiger partial charge is 0.257 e. The van der Waals surface area contributed by atoms with Crippen LogP contribution in [0.25, 0.3) is 22.0 Å². The van der Waals surface area contributed by atoms with Gasteiger partial charge in [0.05, 0.1) is 6.20 Å². The van der Waals surface area contributed by atoms with Crippen LogP contribution in [-0.2, 0) is 7.05 Å². The third-order valence-electron chi connectivity index (χ3n) is 7.02. The quantitative estimate of drug-likeness (QED) is 0.485. The van der Waals surface area contributed by atoms with Crippen molar-refractivity contribution in [3.63, 3.8) is 0 Å². The number of fused-ring (bicyclic) bond motifs is 1. The first-order valence-corrected chi connectivity index (χ1v) is 11.9. The number of aromatic nitrogens is 5. The van der Waals surface area contributed by atoms with Gasteiger partial charge in [-0.25, -0.2) is 9.97 Å². The standard InChI is InChI=1S/C26H27N7O/c1-32-16-23(30-31-32)19-4-5-21-15-28-24(13-22(21)12-19)29-26(34)20-6-9-27-25(14-20)33-10-7-18(8-11-33)17-2-3-17/h4-6,9,12-18H,2-3,7-8,10-11H2,1H3,(H,28,29,34). The summed E-state index contributed by atoms with van der Waals surface area (Å²) in [6.07, 6.45) is 10.6. The van der Waals surface area contributed by atoms with Crippen LogP contribution in [0.3, 0.4) is 0 Å². The van der Waals surface area contributed by atoms with Crippen molar-refractivity contribution in [2.45, 2.75) is 25.7 Å². The van der Waals surface area contributed by atoms with Crippen LogP contribution >= 0.6 is 0 Å². The molecule has 0 radical (unpaired) electrons. The minimum absolute atomic E-state index is 0.187. The van der Waals surface area contributed by atoms with Gasteiger partial charge in [0.2, 0.25) is 0 Å². The molecule has 34 heavy (non-hydrogen) atoms. The zero-order valence-electron chi connectivity index (χ0n) is 19.2. The maximum absolute atomic E-state index is 13.0. The second-order valence-electron chi connectivity index (χ2n) is 9.43. The zero-order valence-corrected chi connectivity index (χ0v) is 19.2. The molecule has 0 bridgehead atoms. The van der Waals surface area contributed by atoms with E-state index < -0.39 is 0 Å². The minimum atomic E-state index is -0.187. The van der Waals surface area contributed by atoms with E-state index in [1.165, 1.54) is 25.7 Å². The molecule has 1 saturated heterocycles. The molecular formula is C26H27N7O. The predicted octanol–water partition coefficient (Wildman–Crippen LogP) is 4.30. The van der Waals surface area contributed by atoms with E-state index in [1.807, 2.05) is 43.6 Å². The number of aryl methyl sites for hydroxylation is 1. The number of amides is 1. The number of nitrogens with zero attached hydrogens (tertiary/aromatic N) is 6. The number of carbonyl (C=O) groups is 1. The van der Waals surface area contributed by atoms with Gasteiger partial charge in [-0.05, 0) is 67.2 Å². The molecule has 1 N–H and O–H groups in total. The molecule has 1 amide bonds. The summed E-state index contributed by atoms with van der Waals surface area (Å²) in [5, 5.41) is 13.1. The lowest BCUT2D eigenvalue weighted by Gasteiger charge is -2.33. The zero-order chi connectivity index (χ0) is 23.1. The summed E-state index contributed by atoms with van der Waals surface area (Å²) in [5.41, 5.74) is 2.36. The lowest BCUT2D eigenvalue weighted by molar-refractivity contribution is 0.102. The first kappa shape index (κ1) is 20.8. The van der Waals surface area contributed by atoms with Crippen molar-refractivity contribution in [2.75, 3.05) is 23.3 Å². The van der Waals surface area contributed by atoms with Crippen molar-refractivity contribution in [3.8, 4) is 11.3 Å². The van der Waals surface area contributed by atoms with Gasteiger partial charge in [-0.1, -0.05) is 17.3 Å². The van der Waals surface area contributed by atoms with Crippen LogP contribution in [0.1, 0.15) is 36.0 Å². The fraction of sp³-hybridized carbons (Fsp3) is 0.346. The van der Waals surface area contributed by atoms with Gasteiger partial charge in [0.15, 0.2) is 0 Å². The molecule has 2 aliphatic rings. The van der Waals surface area contributed by atoms with Gasteiger partial charge in [-0.2, -0.15) is 0 Å². The molecule has 8 nitrogen and oxygen atoms in total. The largest absolute Gasteiger partial charge is 0.357 e. The monoisotopic (exact) mass is 453 g/mol. The number of rotatable bonds is 5. The predicted molar refractivity (Wildman–Crippen MR) is 132 cm³/mol. The molecule has 1 saturated carbocycles. The molecule has 8 heteroatoms. The summed E-state index contributed by atoms with van der Waals surface area (Å²) < 4.78 is 1.68. The van der Waals surface area contributed by atoms with Crippen molar-refractivity contribution < 1.29 is 4.79 Å². The second kappa shape index (κ2) is 8.52. The number of carbonyl (C=O) groups excluding carboxylic acids is 1. The summed E-state index contributed by atoms with van der Waals surface area (Å²) >= 11 is 0. The van der Waals surface area contributed by atoms with Crippen LogP contribution in [0.2, 0.25) is 0 Å². The number of benzene rings is 1. The highest BCUT2D eigenvalue weighted by molar-refractivity contribution is 6.05. The summed E-state index contributed by atoms with van der Waals surface area (Å²) in [6, 6.07) is 11.6. The molecule has 3 aromatic heterocycles. The first-order valence-electron chi connectivity index (χ1n) is 11.9. The first-order chi connectivity index (χ1) is 16.6. The van der Waals surface area contributed by atoms with E-state index in [0.717, 1.165) is 52.8 Å². The average molecular weight is 454 g/mol. The van der Waals surface area contributed by atoms with E-state index in [2.05, 4.69) is 30.5 Å². The van der Waals surface area contributed by atoms with E-state index >= 15 is 0 Å². The molecule has 6 rings (SSSR count). The highest BCUT2D eigenvalue weighted by Crippen LogP contribution is 2.42. The second-order valence-corrected chi connectivity index (χ2v) is 9.43. The molecule has 172 valence electrons. The minimum Gasteiger partial charge on any atom is -0.357 e. The normalized spacial score (nSPS) is 16.7. The van der Waals surface area contributed by atoms with Gasteiger partial charge in [0, 0.05) is 49.0 Å². The Bertz CT molecular complexity index is 1350. The van der Waals surface area contributed by atoms with Gasteiger partial charge >= 0.3 is 0 Å². The van der Waals surface area contributed by atoms with Gasteiger partial charge in [0.25, 0.3) is 5.91 Å². The van der Waals surface area contributed by atoms with Crippen molar-refractivity contribution in [1.82, 2.24) is 25.0 Å². The molecule has 0 atom stereocenters. The molecule has 4 aromatic rings. The molecule has 2 fully saturated rings. The maximum Gasteiger partial charge on any atom is 0.257 e. The summed E-state index contributed by atoms with van der Waals surface area (Å²) in [7, 11) is 1.84. The fourth-order valence-corrected chi connectivity index (χ4v) is 4.94. The highest BCUT2D eigenvalue weighted by atomic mass is 16.1. The Morgan fingerprint density at radius 1 is 0.971 bits per heavy atom. The SMILES string of the molecule is Cn1cc(-c2ccc3cnc(NC(=O)c4ccnc(N5CCC(C6CC6)CC5)c4)cc3c2)nn1. The number of nitrogens with one attached hydrogen (secondary N) is 1. The van der Waals surface area contributed by atoms with Crippen LogP contribution in [0.4, 0.5) is 11.6 Å². The summed E-state index contributed by atoms with van der Waals surface area (Å²) in [5.74, 6) is 3.03. The Morgan fingerprint density at radius 2 is 1.79 bits per heavy atom. The fourth-order valence-electron chi connectivity index (χ4n) is 4.94. The Balaban J connectivity index is 1.18. The van der Waals surface area contributed by atoms with E-state index in [1.54, 1.807) is 23.1 Å². The average Bonchev–Trinajstić information content (AvgIpc) is 3.64. The molecule has 1 aliphatic carbocycles. The van der Waals surface area contributed by atoms with Crippen molar-refractivity contribution in [3.05, 3.63) is 60.6 Å². The molecule has 1 aliphatic heterocycles. The van der Waals surface area contributed by atoms with Crippen LogP contribution in [-0.4, -0.2) is 44.0 Å². The number of pyridine rings is 2. The maximum atomic E-state index is 13.0. The van der Waals surface area contributed by atoms with Gasteiger partial charge in [-0.15, -0.1) is 5.10 Å². The molecular weight excluding hydrogens is 426 g/mol. The highest BCUT2D eigenvalue weighted by Gasteiger charge is 2.33. The number of anilines is 2. The Morgan fingerprint density at radius 3 is 2.56 bits per heavy atom. The van der Waals surface area contributed by atoms with Crippen LogP contribution in [0, 0.1) is 11.8 Å². The third kappa shape index (κ3) is 4.23. The number of hydrogen-bond acceptors (Lipinski definition) is 6. The number of hydrogen-bond donors (Lipinski definition) is 1. The van der Waals surface area contributed by atoms with Gasteiger partial charge in [-0.3, -0.25) is 9.48 Å². The molecule has 1 aromatic carbocycles. The van der Waals surface area contributed by atoms with Crippen LogP contribution in [0.15, 0.2) is 55.0 Å². The summed E-state index contributed by atoms with van der Waals surface area (Å²) in [4.78, 5) is 24.3. The van der Waals surface area contributed by atoms with Crippen molar-refractivity contribution >= 4 is 28.3 Å². The van der Waals surface area contributed by atoms with E-state index in [0.29, 0.717) is 11.4 Å². The Kier molecular flexibility index (Phi) is 5.20. The lowest BCUT2D eigenvalue weighted by atomic mass is 9.92. The van der Waals surface area contributed by atoms with Gasteiger partial charge in [0.1, 0.15) is 17.3 Å². The Labute approximate surface area is 198 Å². The lowest BCUT2D eigenvalue weighted by Crippen LogP contribution is -2.35.